The molecule has 0 atom stereocenters. The second kappa shape index (κ2) is 10.5. The summed E-state index contributed by atoms with van der Waals surface area (Å²) in [5.74, 6) is 1.66. The average Bonchev–Trinajstić information content (AvgIpc) is 3.10. The zero-order valence-corrected chi connectivity index (χ0v) is 19.9. The second-order valence-electron chi connectivity index (χ2n) is 8.13. The highest BCUT2D eigenvalue weighted by Gasteiger charge is 2.18. The van der Waals surface area contributed by atoms with Gasteiger partial charge in [-0.15, -0.1) is 0 Å². The Morgan fingerprint density at radius 2 is 1.91 bits per heavy atom. The molecule has 0 N–H and O–H groups in total. The molecule has 0 aliphatic heterocycles. The maximum Gasteiger partial charge on any atom is 0.224 e. The summed E-state index contributed by atoms with van der Waals surface area (Å²) in [6.07, 6.45) is 0.376. The molecule has 0 radical (unpaired) electrons. The van der Waals surface area contributed by atoms with Crippen LogP contribution in [0.4, 0.5) is 5.82 Å². The third-order valence-electron chi connectivity index (χ3n) is 5.42. The van der Waals surface area contributed by atoms with Crippen LogP contribution >= 0.6 is 0 Å². The lowest BCUT2D eigenvalue weighted by Crippen LogP contribution is -2.34. The third kappa shape index (κ3) is 5.56. The van der Waals surface area contributed by atoms with Crippen LogP contribution in [0.3, 0.4) is 0 Å². The highest BCUT2D eigenvalue weighted by molar-refractivity contribution is 5.83. The zero-order chi connectivity index (χ0) is 23.3. The van der Waals surface area contributed by atoms with Crippen LogP contribution in [-0.4, -0.2) is 67.0 Å². The largest absolute Gasteiger partial charge is 0.497 e. The van der Waals surface area contributed by atoms with Gasteiger partial charge in [-0.2, -0.15) is 5.10 Å². The zero-order valence-electron chi connectivity index (χ0n) is 19.9. The van der Waals surface area contributed by atoms with Gasteiger partial charge in [0.2, 0.25) is 5.91 Å². The van der Waals surface area contributed by atoms with E-state index in [1.807, 2.05) is 66.7 Å². The fourth-order valence-corrected chi connectivity index (χ4v) is 3.77. The minimum Gasteiger partial charge on any atom is -0.497 e. The molecule has 3 aromatic rings. The van der Waals surface area contributed by atoms with Crippen molar-refractivity contribution in [2.24, 2.45) is 0 Å². The van der Waals surface area contributed by atoms with Crippen LogP contribution in [0.1, 0.15) is 23.4 Å². The minimum absolute atomic E-state index is 0.0640. The summed E-state index contributed by atoms with van der Waals surface area (Å²) in [5, 5.41) is 5.48. The molecule has 8 nitrogen and oxygen atoms in total. The first-order valence-corrected chi connectivity index (χ1v) is 10.7. The summed E-state index contributed by atoms with van der Waals surface area (Å²) in [4.78, 5) is 21.8. The molecular weight excluding hydrogens is 406 g/mol. The van der Waals surface area contributed by atoms with Gasteiger partial charge in [0.05, 0.1) is 24.9 Å². The van der Waals surface area contributed by atoms with E-state index in [1.165, 1.54) is 0 Å². The number of anilines is 1. The number of pyridine rings is 1. The van der Waals surface area contributed by atoms with Crippen LogP contribution in [0.5, 0.6) is 5.75 Å². The number of aromatic nitrogens is 3. The van der Waals surface area contributed by atoms with E-state index in [2.05, 4.69) is 11.2 Å². The Bertz CT molecular complexity index is 1080. The molecule has 3 rings (SSSR count). The number of amides is 1. The van der Waals surface area contributed by atoms with Crippen LogP contribution in [-0.2, 0) is 22.6 Å². The lowest BCUT2D eigenvalue weighted by molar-refractivity contribution is -0.132. The van der Waals surface area contributed by atoms with Gasteiger partial charge in [-0.3, -0.25) is 9.48 Å². The number of hydrogen-bond donors (Lipinski definition) is 0. The van der Waals surface area contributed by atoms with E-state index in [0.717, 1.165) is 39.4 Å². The van der Waals surface area contributed by atoms with Crippen molar-refractivity contribution in [3.8, 4) is 5.75 Å². The molecule has 2 heterocycles. The number of carbonyl (C=O) groups excluding carboxylic acids is 1. The lowest BCUT2D eigenvalue weighted by Gasteiger charge is -2.25. The standard InChI is InChI=1S/C24H33N5O3/c1-17-13-18(2)29(26-17)10-9-23(30)28(11-12-31-5)16-20-14-19-7-8-21(32-6)15-22(19)25-24(20)27(3)4/h7-8,13-15H,9-12,16H2,1-6H3. The predicted octanol–water partition coefficient (Wildman–Crippen LogP) is 3.19. The predicted molar refractivity (Wildman–Crippen MR) is 126 cm³/mol. The highest BCUT2D eigenvalue weighted by Crippen LogP contribution is 2.26. The fraction of sp³-hybridized carbons (Fsp3) is 0.458. The van der Waals surface area contributed by atoms with E-state index in [0.29, 0.717) is 32.7 Å². The van der Waals surface area contributed by atoms with Crippen molar-refractivity contribution in [2.45, 2.75) is 33.4 Å². The molecule has 172 valence electrons. The number of benzene rings is 1. The van der Waals surface area contributed by atoms with E-state index in [1.54, 1.807) is 14.2 Å². The normalized spacial score (nSPS) is 11.1. The lowest BCUT2D eigenvalue weighted by atomic mass is 10.1. The molecule has 2 aromatic heterocycles. The first kappa shape index (κ1) is 23.5. The Kier molecular flexibility index (Phi) is 7.69. The summed E-state index contributed by atoms with van der Waals surface area (Å²) in [5.41, 5.74) is 3.86. The van der Waals surface area contributed by atoms with Gasteiger partial charge < -0.3 is 19.3 Å². The number of ether oxygens (including phenoxy) is 2. The summed E-state index contributed by atoms with van der Waals surface area (Å²) < 4.78 is 12.5. The van der Waals surface area contributed by atoms with Crippen LogP contribution in [0.2, 0.25) is 0 Å². The van der Waals surface area contributed by atoms with Crippen molar-refractivity contribution >= 4 is 22.6 Å². The van der Waals surface area contributed by atoms with E-state index < -0.39 is 0 Å². The molecule has 0 fully saturated rings. The summed E-state index contributed by atoms with van der Waals surface area (Å²) in [7, 11) is 7.21. The van der Waals surface area contributed by atoms with E-state index in [-0.39, 0.29) is 5.91 Å². The molecule has 0 saturated heterocycles. The van der Waals surface area contributed by atoms with Crippen molar-refractivity contribution < 1.29 is 14.3 Å². The van der Waals surface area contributed by atoms with Gasteiger partial charge in [0.1, 0.15) is 11.6 Å². The first-order valence-electron chi connectivity index (χ1n) is 10.7. The van der Waals surface area contributed by atoms with Crippen molar-refractivity contribution in [2.75, 3.05) is 46.4 Å². The quantitative estimate of drug-likeness (QED) is 0.483. The molecule has 0 aliphatic carbocycles. The Balaban J connectivity index is 1.85. The first-order chi connectivity index (χ1) is 15.3. The number of fused-ring (bicyclic) bond motifs is 1. The SMILES string of the molecule is COCCN(Cc1cc2ccc(OC)cc2nc1N(C)C)C(=O)CCn1nc(C)cc1C. The molecule has 1 aromatic carbocycles. The van der Waals surface area contributed by atoms with Crippen LogP contribution in [0.25, 0.3) is 10.9 Å². The second-order valence-corrected chi connectivity index (χ2v) is 8.13. The molecule has 0 bridgehead atoms. The van der Waals surface area contributed by atoms with Gasteiger partial charge in [-0.25, -0.2) is 4.98 Å². The number of methoxy groups -OCH3 is 2. The van der Waals surface area contributed by atoms with E-state index in [9.17, 15) is 4.79 Å². The Morgan fingerprint density at radius 3 is 2.53 bits per heavy atom. The molecule has 0 saturated carbocycles. The third-order valence-corrected chi connectivity index (χ3v) is 5.42. The maximum atomic E-state index is 13.2. The van der Waals surface area contributed by atoms with Crippen LogP contribution in [0, 0.1) is 13.8 Å². The van der Waals surface area contributed by atoms with Crippen molar-refractivity contribution in [3.05, 3.63) is 47.3 Å². The smallest absolute Gasteiger partial charge is 0.224 e. The number of hydrogen-bond acceptors (Lipinski definition) is 6. The number of carbonyl (C=O) groups is 1. The number of rotatable bonds is 10. The minimum atomic E-state index is 0.0640. The molecular formula is C24H33N5O3. The van der Waals surface area contributed by atoms with E-state index in [4.69, 9.17) is 14.5 Å². The maximum absolute atomic E-state index is 13.2. The van der Waals surface area contributed by atoms with Crippen molar-refractivity contribution in [1.82, 2.24) is 19.7 Å². The van der Waals surface area contributed by atoms with Gasteiger partial charge in [-0.1, -0.05) is 0 Å². The van der Waals surface area contributed by atoms with Crippen molar-refractivity contribution in [1.29, 1.82) is 0 Å². The van der Waals surface area contributed by atoms with Crippen LogP contribution in [0.15, 0.2) is 30.3 Å². The number of nitrogens with zero attached hydrogens (tertiary/aromatic N) is 5. The fourth-order valence-electron chi connectivity index (χ4n) is 3.77. The van der Waals surface area contributed by atoms with Crippen LogP contribution < -0.4 is 9.64 Å². The van der Waals surface area contributed by atoms with E-state index >= 15 is 0 Å². The molecule has 1 amide bonds. The average molecular weight is 440 g/mol. The topological polar surface area (TPSA) is 72.7 Å². The summed E-state index contributed by atoms with van der Waals surface area (Å²) in [6, 6.07) is 9.96. The summed E-state index contributed by atoms with van der Waals surface area (Å²) >= 11 is 0. The number of aryl methyl sites for hydroxylation is 3. The van der Waals surface area contributed by atoms with Gasteiger partial charge in [0.15, 0.2) is 0 Å². The molecule has 0 spiro atoms. The molecule has 0 unspecified atom stereocenters. The Labute approximate surface area is 189 Å². The Hall–Kier alpha value is -3.13. The van der Waals surface area contributed by atoms with Gasteiger partial charge in [0, 0.05) is 70.0 Å². The van der Waals surface area contributed by atoms with Gasteiger partial charge in [-0.05, 0) is 38.1 Å². The molecule has 0 aliphatic rings. The van der Waals surface area contributed by atoms with Gasteiger partial charge in [0.25, 0.3) is 0 Å². The summed E-state index contributed by atoms with van der Waals surface area (Å²) in [6.45, 7) is 5.97. The Morgan fingerprint density at radius 1 is 1.12 bits per heavy atom. The monoisotopic (exact) mass is 439 g/mol. The molecule has 32 heavy (non-hydrogen) atoms. The molecule has 8 heteroatoms. The van der Waals surface area contributed by atoms with Crippen molar-refractivity contribution in [3.63, 3.8) is 0 Å². The highest BCUT2D eigenvalue weighted by atomic mass is 16.5. The van der Waals surface area contributed by atoms with Gasteiger partial charge >= 0.3 is 0 Å².